The molecule has 0 radical (unpaired) electrons. The van der Waals surface area contributed by atoms with Crippen molar-refractivity contribution in [1.29, 1.82) is 0 Å². The predicted octanol–water partition coefficient (Wildman–Crippen LogP) is 0.632. The number of carbonyl (C=O) groups excluding carboxylic acids is 1. The lowest BCUT2D eigenvalue weighted by molar-refractivity contribution is 0.236. The van der Waals surface area contributed by atoms with E-state index in [9.17, 15) is 4.79 Å². The molecule has 12 heavy (non-hydrogen) atoms. The van der Waals surface area contributed by atoms with Gasteiger partial charge >= 0.3 is 6.03 Å². The van der Waals surface area contributed by atoms with Crippen LogP contribution in [0.15, 0.2) is 12.2 Å². The first-order chi connectivity index (χ1) is 5.84. The molecule has 1 aliphatic heterocycles. The Labute approximate surface area is 71.2 Å². The predicted molar refractivity (Wildman–Crippen MR) is 44.6 cm³/mol. The van der Waals surface area contributed by atoms with E-state index in [1.165, 1.54) is 12.8 Å². The second-order valence-electron chi connectivity index (χ2n) is 3.96. The number of hydrogen-bond donors (Lipinski definition) is 2. The maximum atomic E-state index is 11.1. The molecule has 0 aromatic carbocycles. The van der Waals surface area contributed by atoms with Crippen molar-refractivity contribution in [2.45, 2.75) is 24.9 Å². The van der Waals surface area contributed by atoms with Gasteiger partial charge in [0.05, 0.1) is 12.1 Å². The van der Waals surface area contributed by atoms with E-state index in [4.69, 9.17) is 0 Å². The van der Waals surface area contributed by atoms with E-state index < -0.39 is 0 Å². The Morgan fingerprint density at radius 2 is 1.58 bits per heavy atom. The molecule has 3 nitrogen and oxygen atoms in total. The van der Waals surface area contributed by atoms with Gasteiger partial charge in [-0.1, -0.05) is 12.2 Å². The minimum absolute atomic E-state index is 0.0191. The van der Waals surface area contributed by atoms with Gasteiger partial charge in [-0.2, -0.15) is 0 Å². The number of amides is 2. The molecule has 1 saturated heterocycles. The molecule has 4 aliphatic rings. The van der Waals surface area contributed by atoms with Crippen LogP contribution in [0.25, 0.3) is 0 Å². The van der Waals surface area contributed by atoms with Crippen LogP contribution in [0.5, 0.6) is 0 Å². The van der Waals surface area contributed by atoms with E-state index in [1.807, 2.05) is 0 Å². The molecule has 2 amide bonds. The molecule has 4 unspecified atom stereocenters. The number of carbonyl (C=O) groups is 1. The van der Waals surface area contributed by atoms with Gasteiger partial charge in [-0.3, -0.25) is 0 Å². The van der Waals surface area contributed by atoms with Crippen molar-refractivity contribution in [2.75, 3.05) is 0 Å². The molecular weight excluding hydrogens is 152 g/mol. The van der Waals surface area contributed by atoms with E-state index in [1.54, 1.807) is 0 Å². The molecule has 2 N–H and O–H groups in total. The van der Waals surface area contributed by atoms with Crippen LogP contribution in [-0.2, 0) is 0 Å². The van der Waals surface area contributed by atoms with Crippen molar-refractivity contribution < 1.29 is 4.79 Å². The molecule has 4 atom stereocenters. The molecule has 64 valence electrons. The van der Waals surface area contributed by atoms with Gasteiger partial charge in [-0.05, 0) is 24.7 Å². The summed E-state index contributed by atoms with van der Waals surface area (Å²) in [6.07, 6.45) is 7.01. The minimum Gasteiger partial charge on any atom is -0.333 e. The zero-order chi connectivity index (χ0) is 8.13. The lowest BCUT2D eigenvalue weighted by Gasteiger charge is -2.39. The standard InChI is InChI=1S/C9H12N2O/c12-9-10-7-5-1-2-6(4-3-5)8(7)11-9/h1-2,5-8H,3-4H2,(H2,10,11,12). The highest BCUT2D eigenvalue weighted by Gasteiger charge is 2.45. The lowest BCUT2D eigenvalue weighted by Crippen LogP contribution is -2.49. The highest BCUT2D eigenvalue weighted by atomic mass is 16.2. The molecule has 0 aromatic heterocycles. The topological polar surface area (TPSA) is 41.1 Å². The second-order valence-corrected chi connectivity index (χ2v) is 3.96. The number of urea groups is 1. The summed E-state index contributed by atoms with van der Waals surface area (Å²) in [7, 11) is 0. The third-order valence-corrected chi connectivity index (χ3v) is 3.34. The molecule has 3 aliphatic carbocycles. The normalized spacial score (nSPS) is 48.5. The van der Waals surface area contributed by atoms with Crippen LogP contribution in [0.3, 0.4) is 0 Å². The van der Waals surface area contributed by atoms with Gasteiger partial charge in [0.2, 0.25) is 0 Å². The Hall–Kier alpha value is -0.990. The van der Waals surface area contributed by atoms with Crippen LogP contribution >= 0.6 is 0 Å². The van der Waals surface area contributed by atoms with E-state index in [2.05, 4.69) is 22.8 Å². The highest BCUT2D eigenvalue weighted by molar-refractivity contribution is 5.77. The minimum atomic E-state index is 0.0191. The largest absolute Gasteiger partial charge is 0.333 e. The summed E-state index contributed by atoms with van der Waals surface area (Å²) in [5, 5.41) is 5.97. The molecule has 2 fully saturated rings. The SMILES string of the molecule is O=C1NC2C3C=CC(CC3)C2N1. The zero-order valence-corrected chi connectivity index (χ0v) is 6.79. The summed E-state index contributed by atoms with van der Waals surface area (Å²) in [5.74, 6) is 1.16. The third-order valence-electron chi connectivity index (χ3n) is 3.34. The molecule has 1 saturated carbocycles. The third kappa shape index (κ3) is 0.687. The van der Waals surface area contributed by atoms with Crippen LogP contribution in [-0.4, -0.2) is 18.1 Å². The summed E-state index contributed by atoms with van der Waals surface area (Å²) < 4.78 is 0. The van der Waals surface area contributed by atoms with Crippen molar-refractivity contribution in [2.24, 2.45) is 11.8 Å². The summed E-state index contributed by atoms with van der Waals surface area (Å²) in [5.41, 5.74) is 0. The number of rotatable bonds is 0. The summed E-state index contributed by atoms with van der Waals surface area (Å²) >= 11 is 0. The lowest BCUT2D eigenvalue weighted by atomic mass is 9.70. The molecule has 0 spiro atoms. The molecule has 4 rings (SSSR count). The number of hydrogen-bond acceptors (Lipinski definition) is 1. The van der Waals surface area contributed by atoms with Crippen LogP contribution in [0, 0.1) is 11.8 Å². The summed E-state index contributed by atoms with van der Waals surface area (Å²) in [6.45, 7) is 0. The van der Waals surface area contributed by atoms with Crippen molar-refractivity contribution in [3.8, 4) is 0 Å². The van der Waals surface area contributed by atoms with E-state index in [-0.39, 0.29) is 6.03 Å². The van der Waals surface area contributed by atoms with Crippen molar-refractivity contribution in [3.05, 3.63) is 12.2 Å². The zero-order valence-electron chi connectivity index (χ0n) is 6.79. The molecule has 2 bridgehead atoms. The van der Waals surface area contributed by atoms with Gasteiger partial charge < -0.3 is 10.6 Å². The number of fused-ring (bicyclic) bond motifs is 1. The maximum Gasteiger partial charge on any atom is 0.315 e. The van der Waals surface area contributed by atoms with Gasteiger partial charge in [0.25, 0.3) is 0 Å². The van der Waals surface area contributed by atoms with Crippen molar-refractivity contribution >= 4 is 6.03 Å². The molecule has 1 heterocycles. The van der Waals surface area contributed by atoms with Crippen LogP contribution in [0.1, 0.15) is 12.8 Å². The van der Waals surface area contributed by atoms with Crippen LogP contribution < -0.4 is 10.6 Å². The molecule has 3 heteroatoms. The molecular formula is C9H12N2O. The maximum absolute atomic E-state index is 11.1. The van der Waals surface area contributed by atoms with E-state index >= 15 is 0 Å². The fourth-order valence-corrected chi connectivity index (χ4v) is 2.73. The van der Waals surface area contributed by atoms with Gasteiger partial charge in [0, 0.05) is 0 Å². The van der Waals surface area contributed by atoms with Crippen LogP contribution in [0.4, 0.5) is 4.79 Å². The van der Waals surface area contributed by atoms with Crippen molar-refractivity contribution in [3.63, 3.8) is 0 Å². The average molecular weight is 164 g/mol. The first-order valence-corrected chi connectivity index (χ1v) is 4.60. The smallest absolute Gasteiger partial charge is 0.315 e. The van der Waals surface area contributed by atoms with E-state index in [0.29, 0.717) is 23.9 Å². The highest BCUT2D eigenvalue weighted by Crippen LogP contribution is 2.38. The second kappa shape index (κ2) is 2.03. The van der Waals surface area contributed by atoms with Crippen molar-refractivity contribution in [1.82, 2.24) is 10.6 Å². The quantitative estimate of drug-likeness (QED) is 0.507. The first-order valence-electron chi connectivity index (χ1n) is 4.60. The van der Waals surface area contributed by atoms with Gasteiger partial charge in [0.1, 0.15) is 0 Å². The Balaban J connectivity index is 1.97. The van der Waals surface area contributed by atoms with Crippen LogP contribution in [0.2, 0.25) is 0 Å². The Bertz CT molecular complexity index is 237. The Morgan fingerprint density at radius 1 is 1.08 bits per heavy atom. The Morgan fingerprint density at radius 3 is 2.00 bits per heavy atom. The van der Waals surface area contributed by atoms with Gasteiger partial charge in [-0.15, -0.1) is 0 Å². The number of nitrogens with one attached hydrogen (secondary N) is 2. The fourth-order valence-electron chi connectivity index (χ4n) is 2.73. The first kappa shape index (κ1) is 6.52. The summed E-state index contributed by atoms with van der Waals surface area (Å²) in [6, 6.07) is 0.771. The van der Waals surface area contributed by atoms with E-state index in [0.717, 1.165) is 0 Å². The fraction of sp³-hybridized carbons (Fsp3) is 0.667. The average Bonchev–Trinajstić information content (AvgIpc) is 2.49. The van der Waals surface area contributed by atoms with Gasteiger partial charge in [-0.25, -0.2) is 4.79 Å². The summed E-state index contributed by atoms with van der Waals surface area (Å²) in [4.78, 5) is 11.1. The monoisotopic (exact) mass is 164 g/mol. The molecule has 0 aromatic rings. The Kier molecular flexibility index (Phi) is 1.10. The van der Waals surface area contributed by atoms with Gasteiger partial charge in [0.15, 0.2) is 0 Å².